The van der Waals surface area contributed by atoms with E-state index in [0.717, 1.165) is 42.4 Å². The summed E-state index contributed by atoms with van der Waals surface area (Å²) in [6, 6.07) is 6.10. The normalized spacial score (nSPS) is 23.9. The first-order valence-corrected chi connectivity index (χ1v) is 10.1. The van der Waals surface area contributed by atoms with Crippen LogP contribution in [0.1, 0.15) is 50.7 Å². The average molecular weight is 378 g/mol. The lowest BCUT2D eigenvalue weighted by molar-refractivity contribution is -0.114. The van der Waals surface area contributed by atoms with Crippen LogP contribution >= 0.6 is 0 Å². The Kier molecular flexibility index (Phi) is 3.86. The molecule has 6 heteroatoms. The molecule has 28 heavy (non-hydrogen) atoms. The summed E-state index contributed by atoms with van der Waals surface area (Å²) in [5, 5.41) is 2.80. The summed E-state index contributed by atoms with van der Waals surface area (Å²) in [4.78, 5) is 23.0. The van der Waals surface area contributed by atoms with Gasteiger partial charge in [-0.15, -0.1) is 0 Å². The molecule has 146 valence electrons. The molecule has 2 aliphatic carbocycles. The summed E-state index contributed by atoms with van der Waals surface area (Å²) in [6.45, 7) is 6.75. The fourth-order valence-electron chi connectivity index (χ4n) is 4.49. The summed E-state index contributed by atoms with van der Waals surface area (Å²) in [6.07, 6.45) is 6.77. The second kappa shape index (κ2) is 6.19. The number of carbonyl (C=O) groups excluding carboxylic acids is 1. The molecule has 0 atom stereocenters. The first-order valence-electron chi connectivity index (χ1n) is 10.1. The molecule has 0 radical (unpaired) electrons. The molecular formula is C22H26N4O2. The SMILES string of the molecule is CC(=O)Nc1cc2c(cn1)C1(CC1)CN2c1cc(C)cc(OC2CC(C)C2)n1. The third-order valence-corrected chi connectivity index (χ3v) is 6.19. The number of ether oxygens (including phenoxy) is 1. The lowest BCUT2D eigenvalue weighted by Gasteiger charge is -2.32. The van der Waals surface area contributed by atoms with Gasteiger partial charge < -0.3 is 15.0 Å². The minimum absolute atomic E-state index is 0.114. The smallest absolute Gasteiger partial charge is 0.222 e. The highest BCUT2D eigenvalue weighted by atomic mass is 16.5. The van der Waals surface area contributed by atoms with Crippen molar-refractivity contribution in [1.29, 1.82) is 0 Å². The van der Waals surface area contributed by atoms with E-state index in [9.17, 15) is 4.79 Å². The van der Waals surface area contributed by atoms with E-state index in [1.54, 1.807) is 0 Å². The van der Waals surface area contributed by atoms with Crippen LogP contribution in [0.25, 0.3) is 0 Å². The number of carbonyl (C=O) groups is 1. The summed E-state index contributed by atoms with van der Waals surface area (Å²) < 4.78 is 6.13. The van der Waals surface area contributed by atoms with Crippen molar-refractivity contribution in [1.82, 2.24) is 9.97 Å². The second-order valence-electron chi connectivity index (χ2n) is 8.79. The zero-order valence-corrected chi connectivity index (χ0v) is 16.7. The molecule has 5 rings (SSSR count). The standard InChI is InChI=1S/C22H26N4O2/c1-13-6-16(7-13)28-21-9-14(2)8-20(25-21)26-12-22(4-5-22)17-11-23-19(10-18(17)26)24-15(3)27/h8-11,13,16H,4-7,12H2,1-3H3,(H,23,24,27). The monoisotopic (exact) mass is 378 g/mol. The molecular weight excluding hydrogens is 352 g/mol. The highest BCUT2D eigenvalue weighted by molar-refractivity contribution is 5.89. The van der Waals surface area contributed by atoms with Crippen molar-refractivity contribution >= 4 is 23.2 Å². The molecule has 1 spiro atoms. The summed E-state index contributed by atoms with van der Waals surface area (Å²) in [5.41, 5.74) is 3.69. The first kappa shape index (κ1) is 17.5. The maximum Gasteiger partial charge on any atom is 0.222 e. The van der Waals surface area contributed by atoms with Crippen LogP contribution < -0.4 is 15.0 Å². The average Bonchev–Trinajstić information content (AvgIpc) is 3.30. The Bertz CT molecular complexity index is 948. The highest BCUT2D eigenvalue weighted by Gasteiger charge is 2.52. The van der Waals surface area contributed by atoms with Gasteiger partial charge in [-0.1, -0.05) is 6.92 Å². The van der Waals surface area contributed by atoms with Gasteiger partial charge >= 0.3 is 0 Å². The number of aryl methyl sites for hydroxylation is 1. The third-order valence-electron chi connectivity index (χ3n) is 6.19. The Morgan fingerprint density at radius 2 is 2.07 bits per heavy atom. The molecule has 0 unspecified atom stereocenters. The van der Waals surface area contributed by atoms with Crippen LogP contribution in [0.3, 0.4) is 0 Å². The maximum atomic E-state index is 11.5. The van der Waals surface area contributed by atoms with Crippen molar-refractivity contribution in [3.8, 4) is 5.88 Å². The van der Waals surface area contributed by atoms with Gasteiger partial charge in [-0.2, -0.15) is 4.98 Å². The van der Waals surface area contributed by atoms with Gasteiger partial charge in [-0.05, 0) is 50.2 Å². The lowest BCUT2D eigenvalue weighted by atomic mass is 9.84. The van der Waals surface area contributed by atoms with Crippen molar-refractivity contribution < 1.29 is 9.53 Å². The van der Waals surface area contributed by atoms with E-state index in [-0.39, 0.29) is 17.4 Å². The molecule has 1 amide bonds. The predicted octanol–water partition coefficient (Wildman–Crippen LogP) is 4.10. The summed E-state index contributed by atoms with van der Waals surface area (Å²) in [7, 11) is 0. The molecule has 2 aromatic heterocycles. The van der Waals surface area contributed by atoms with E-state index in [1.807, 2.05) is 18.3 Å². The third kappa shape index (κ3) is 3.01. The van der Waals surface area contributed by atoms with Crippen LogP contribution in [-0.2, 0) is 10.2 Å². The maximum absolute atomic E-state index is 11.5. The van der Waals surface area contributed by atoms with E-state index in [0.29, 0.717) is 11.7 Å². The van der Waals surface area contributed by atoms with Gasteiger partial charge in [0.2, 0.25) is 11.8 Å². The van der Waals surface area contributed by atoms with Crippen molar-refractivity contribution in [2.24, 2.45) is 5.92 Å². The number of hydrogen-bond acceptors (Lipinski definition) is 5. The summed E-state index contributed by atoms with van der Waals surface area (Å²) >= 11 is 0. The quantitative estimate of drug-likeness (QED) is 0.867. The van der Waals surface area contributed by atoms with Gasteiger partial charge in [0.15, 0.2) is 0 Å². The van der Waals surface area contributed by atoms with E-state index in [4.69, 9.17) is 9.72 Å². The molecule has 3 aliphatic rings. The van der Waals surface area contributed by atoms with Crippen molar-refractivity contribution in [3.05, 3.63) is 35.5 Å². The number of fused-ring (bicyclic) bond motifs is 2. The zero-order valence-electron chi connectivity index (χ0n) is 16.7. The van der Waals surface area contributed by atoms with E-state index < -0.39 is 0 Å². The number of rotatable bonds is 4. The van der Waals surface area contributed by atoms with E-state index in [1.165, 1.54) is 25.3 Å². The Balaban J connectivity index is 1.48. The van der Waals surface area contributed by atoms with Crippen LogP contribution in [0.15, 0.2) is 24.4 Å². The Labute approximate surface area is 165 Å². The molecule has 3 heterocycles. The zero-order chi connectivity index (χ0) is 19.5. The van der Waals surface area contributed by atoms with Gasteiger partial charge in [0.25, 0.3) is 0 Å². The number of nitrogens with zero attached hydrogens (tertiary/aromatic N) is 3. The largest absolute Gasteiger partial charge is 0.474 e. The van der Waals surface area contributed by atoms with Gasteiger partial charge in [0.1, 0.15) is 17.7 Å². The van der Waals surface area contributed by atoms with Gasteiger partial charge in [0, 0.05) is 42.8 Å². The Morgan fingerprint density at radius 1 is 1.29 bits per heavy atom. The van der Waals surface area contributed by atoms with E-state index in [2.05, 4.69) is 35.1 Å². The van der Waals surface area contributed by atoms with Crippen molar-refractivity contribution in [2.45, 2.75) is 58.0 Å². The molecule has 1 N–H and O–H groups in total. The molecule has 0 bridgehead atoms. The predicted molar refractivity (Wildman–Crippen MR) is 108 cm³/mol. The molecule has 2 fully saturated rings. The van der Waals surface area contributed by atoms with Crippen LogP contribution in [-0.4, -0.2) is 28.5 Å². The fraction of sp³-hybridized carbons (Fsp3) is 0.500. The van der Waals surface area contributed by atoms with Crippen molar-refractivity contribution in [2.75, 3.05) is 16.8 Å². The molecule has 2 saturated carbocycles. The van der Waals surface area contributed by atoms with Crippen LogP contribution in [0, 0.1) is 12.8 Å². The van der Waals surface area contributed by atoms with Crippen LogP contribution in [0.4, 0.5) is 17.3 Å². The number of pyridine rings is 2. The molecule has 6 nitrogen and oxygen atoms in total. The Hall–Kier alpha value is -2.63. The van der Waals surface area contributed by atoms with Gasteiger partial charge in [-0.3, -0.25) is 4.79 Å². The molecule has 0 saturated heterocycles. The highest BCUT2D eigenvalue weighted by Crippen LogP contribution is 2.58. The molecule has 2 aromatic rings. The van der Waals surface area contributed by atoms with Crippen molar-refractivity contribution in [3.63, 3.8) is 0 Å². The number of anilines is 3. The lowest BCUT2D eigenvalue weighted by Crippen LogP contribution is -2.32. The minimum Gasteiger partial charge on any atom is -0.474 e. The van der Waals surface area contributed by atoms with E-state index >= 15 is 0 Å². The number of aromatic nitrogens is 2. The topological polar surface area (TPSA) is 67.4 Å². The number of nitrogens with one attached hydrogen (secondary N) is 1. The van der Waals surface area contributed by atoms with Crippen LogP contribution in [0.2, 0.25) is 0 Å². The number of amides is 1. The second-order valence-corrected chi connectivity index (χ2v) is 8.79. The Morgan fingerprint density at radius 3 is 2.75 bits per heavy atom. The fourth-order valence-corrected chi connectivity index (χ4v) is 4.49. The summed E-state index contributed by atoms with van der Waals surface area (Å²) in [5.74, 6) is 2.83. The first-order chi connectivity index (χ1) is 13.4. The number of hydrogen-bond donors (Lipinski definition) is 1. The molecule has 1 aliphatic heterocycles. The van der Waals surface area contributed by atoms with Gasteiger partial charge in [-0.25, -0.2) is 4.98 Å². The minimum atomic E-state index is -0.114. The van der Waals surface area contributed by atoms with Crippen LogP contribution in [0.5, 0.6) is 5.88 Å². The molecule has 0 aromatic carbocycles. The van der Waals surface area contributed by atoms with Gasteiger partial charge in [0.05, 0.1) is 5.69 Å².